The lowest BCUT2D eigenvalue weighted by atomic mass is 10.0. The molecule has 112 valence electrons. The molecule has 0 bridgehead atoms. The molecule has 1 atom stereocenters. The summed E-state index contributed by atoms with van der Waals surface area (Å²) in [5.74, 6) is 2.65. The number of furan rings is 1. The van der Waals surface area contributed by atoms with Crippen LogP contribution in [0.5, 0.6) is 11.5 Å². The van der Waals surface area contributed by atoms with Gasteiger partial charge in [0.1, 0.15) is 19.0 Å². The van der Waals surface area contributed by atoms with Crippen LogP contribution in [0.4, 0.5) is 0 Å². The van der Waals surface area contributed by atoms with Gasteiger partial charge in [0.05, 0.1) is 6.26 Å². The van der Waals surface area contributed by atoms with Crippen LogP contribution in [0.1, 0.15) is 30.7 Å². The van der Waals surface area contributed by atoms with E-state index in [1.54, 1.807) is 6.26 Å². The first-order valence-corrected chi connectivity index (χ1v) is 7.52. The SMILES string of the molecule is CCCNC(Cc1ccco1)c1ccc2c(c1)OCCO2. The minimum absolute atomic E-state index is 0.215. The Hall–Kier alpha value is -1.94. The van der Waals surface area contributed by atoms with Gasteiger partial charge >= 0.3 is 0 Å². The highest BCUT2D eigenvalue weighted by Crippen LogP contribution is 2.33. The summed E-state index contributed by atoms with van der Waals surface area (Å²) in [5, 5.41) is 3.57. The average Bonchev–Trinajstić information content (AvgIpc) is 3.04. The molecule has 21 heavy (non-hydrogen) atoms. The monoisotopic (exact) mass is 287 g/mol. The summed E-state index contributed by atoms with van der Waals surface area (Å²) in [4.78, 5) is 0. The van der Waals surface area contributed by atoms with E-state index >= 15 is 0 Å². The smallest absolute Gasteiger partial charge is 0.161 e. The van der Waals surface area contributed by atoms with Gasteiger partial charge in [-0.15, -0.1) is 0 Å². The van der Waals surface area contributed by atoms with Gasteiger partial charge in [0.2, 0.25) is 0 Å². The molecule has 0 radical (unpaired) electrons. The number of fused-ring (bicyclic) bond motifs is 1. The van der Waals surface area contributed by atoms with Gasteiger partial charge in [-0.1, -0.05) is 13.0 Å². The third-order valence-electron chi connectivity index (χ3n) is 3.59. The topological polar surface area (TPSA) is 43.6 Å². The van der Waals surface area contributed by atoms with Gasteiger partial charge in [0, 0.05) is 12.5 Å². The van der Waals surface area contributed by atoms with Crippen molar-refractivity contribution < 1.29 is 13.9 Å². The van der Waals surface area contributed by atoms with Crippen molar-refractivity contribution in [3.63, 3.8) is 0 Å². The molecule has 1 unspecified atom stereocenters. The Morgan fingerprint density at radius 1 is 1.14 bits per heavy atom. The summed E-state index contributed by atoms with van der Waals surface area (Å²) >= 11 is 0. The van der Waals surface area contributed by atoms with Crippen LogP contribution in [0.2, 0.25) is 0 Å². The van der Waals surface area contributed by atoms with E-state index in [4.69, 9.17) is 13.9 Å². The zero-order chi connectivity index (χ0) is 14.5. The van der Waals surface area contributed by atoms with Gasteiger partial charge in [-0.3, -0.25) is 0 Å². The van der Waals surface area contributed by atoms with Crippen molar-refractivity contribution in [2.24, 2.45) is 0 Å². The molecule has 1 N–H and O–H groups in total. The van der Waals surface area contributed by atoms with E-state index in [1.807, 2.05) is 18.2 Å². The Kier molecular flexibility index (Phi) is 4.46. The predicted molar refractivity (Wildman–Crippen MR) is 80.9 cm³/mol. The minimum atomic E-state index is 0.215. The second-order valence-corrected chi connectivity index (χ2v) is 5.19. The number of benzene rings is 1. The molecular weight excluding hydrogens is 266 g/mol. The Labute approximate surface area is 125 Å². The average molecular weight is 287 g/mol. The van der Waals surface area contributed by atoms with Crippen LogP contribution >= 0.6 is 0 Å². The first kappa shape index (κ1) is 14.0. The van der Waals surface area contributed by atoms with E-state index in [-0.39, 0.29) is 6.04 Å². The Bertz CT molecular complexity index is 565. The number of nitrogens with one attached hydrogen (secondary N) is 1. The van der Waals surface area contributed by atoms with Crippen molar-refractivity contribution in [2.75, 3.05) is 19.8 Å². The highest BCUT2D eigenvalue weighted by molar-refractivity contribution is 5.44. The fourth-order valence-electron chi connectivity index (χ4n) is 2.53. The summed E-state index contributed by atoms with van der Waals surface area (Å²) in [6, 6.07) is 10.3. The van der Waals surface area contributed by atoms with Crippen LogP contribution in [0.3, 0.4) is 0 Å². The van der Waals surface area contributed by atoms with Gasteiger partial charge < -0.3 is 19.2 Å². The van der Waals surface area contributed by atoms with Gasteiger partial charge in [-0.2, -0.15) is 0 Å². The number of rotatable bonds is 6. The molecule has 3 rings (SSSR count). The maximum atomic E-state index is 5.68. The predicted octanol–water partition coefficient (Wildman–Crippen LogP) is 3.33. The maximum Gasteiger partial charge on any atom is 0.161 e. The zero-order valence-corrected chi connectivity index (χ0v) is 12.3. The fraction of sp³-hybridized carbons (Fsp3) is 0.412. The first-order chi connectivity index (χ1) is 10.4. The van der Waals surface area contributed by atoms with Gasteiger partial charge in [-0.05, 0) is 42.8 Å². The van der Waals surface area contributed by atoms with E-state index in [0.29, 0.717) is 13.2 Å². The molecule has 1 aromatic heterocycles. The molecule has 0 aliphatic carbocycles. The molecule has 0 saturated heterocycles. The molecule has 0 saturated carbocycles. The molecule has 4 nitrogen and oxygen atoms in total. The van der Waals surface area contributed by atoms with Crippen molar-refractivity contribution in [3.8, 4) is 11.5 Å². The summed E-state index contributed by atoms with van der Waals surface area (Å²) in [6.45, 7) is 4.37. The van der Waals surface area contributed by atoms with Crippen LogP contribution in [0.25, 0.3) is 0 Å². The van der Waals surface area contributed by atoms with Gasteiger partial charge in [-0.25, -0.2) is 0 Å². The summed E-state index contributed by atoms with van der Waals surface area (Å²) in [7, 11) is 0. The van der Waals surface area contributed by atoms with E-state index < -0.39 is 0 Å². The zero-order valence-electron chi connectivity index (χ0n) is 12.3. The molecule has 4 heteroatoms. The van der Waals surface area contributed by atoms with Crippen LogP contribution < -0.4 is 14.8 Å². The largest absolute Gasteiger partial charge is 0.486 e. The van der Waals surface area contributed by atoms with E-state index in [0.717, 1.165) is 36.6 Å². The Morgan fingerprint density at radius 3 is 2.76 bits per heavy atom. The number of hydrogen-bond donors (Lipinski definition) is 1. The quantitative estimate of drug-likeness (QED) is 0.885. The molecule has 2 aromatic rings. The third kappa shape index (κ3) is 3.39. The van der Waals surface area contributed by atoms with Crippen LogP contribution in [-0.2, 0) is 6.42 Å². The number of hydrogen-bond acceptors (Lipinski definition) is 4. The molecule has 1 aliphatic heterocycles. The Morgan fingerprint density at radius 2 is 2.00 bits per heavy atom. The van der Waals surface area contributed by atoms with Gasteiger partial charge in [0.15, 0.2) is 11.5 Å². The van der Waals surface area contributed by atoms with Gasteiger partial charge in [0.25, 0.3) is 0 Å². The molecule has 2 heterocycles. The van der Waals surface area contributed by atoms with Crippen molar-refractivity contribution in [1.29, 1.82) is 0 Å². The minimum Gasteiger partial charge on any atom is -0.486 e. The van der Waals surface area contributed by atoms with E-state index in [2.05, 4.69) is 24.4 Å². The lowest BCUT2D eigenvalue weighted by molar-refractivity contribution is 0.171. The molecule has 1 aromatic carbocycles. The molecule has 0 fully saturated rings. The highest BCUT2D eigenvalue weighted by Gasteiger charge is 2.17. The van der Waals surface area contributed by atoms with Crippen LogP contribution in [-0.4, -0.2) is 19.8 Å². The number of ether oxygens (including phenoxy) is 2. The van der Waals surface area contributed by atoms with Crippen molar-refractivity contribution in [3.05, 3.63) is 47.9 Å². The standard InChI is InChI=1S/C17H21NO3/c1-2-7-18-15(12-14-4-3-8-19-14)13-5-6-16-17(11-13)21-10-9-20-16/h3-6,8,11,15,18H,2,7,9-10,12H2,1H3. The normalized spacial score (nSPS) is 14.9. The summed E-state index contributed by atoms with van der Waals surface area (Å²) in [6.07, 6.45) is 3.64. The van der Waals surface area contributed by atoms with Crippen molar-refractivity contribution in [2.45, 2.75) is 25.8 Å². The van der Waals surface area contributed by atoms with Crippen molar-refractivity contribution >= 4 is 0 Å². The molecule has 0 spiro atoms. The summed E-state index contributed by atoms with van der Waals surface area (Å²) in [5.41, 5.74) is 1.20. The molecular formula is C17H21NO3. The maximum absolute atomic E-state index is 5.68. The molecule has 1 aliphatic rings. The summed E-state index contributed by atoms with van der Waals surface area (Å²) < 4.78 is 16.7. The lowest BCUT2D eigenvalue weighted by Gasteiger charge is -2.22. The van der Waals surface area contributed by atoms with E-state index in [1.165, 1.54) is 5.56 Å². The van der Waals surface area contributed by atoms with Crippen LogP contribution in [0, 0.1) is 0 Å². The third-order valence-corrected chi connectivity index (χ3v) is 3.59. The first-order valence-electron chi connectivity index (χ1n) is 7.52. The highest BCUT2D eigenvalue weighted by atomic mass is 16.6. The molecule has 0 amide bonds. The second kappa shape index (κ2) is 6.68. The second-order valence-electron chi connectivity index (χ2n) is 5.19. The van der Waals surface area contributed by atoms with E-state index in [9.17, 15) is 0 Å². The van der Waals surface area contributed by atoms with Crippen molar-refractivity contribution in [1.82, 2.24) is 5.32 Å². The lowest BCUT2D eigenvalue weighted by Crippen LogP contribution is -2.24. The fourth-order valence-corrected chi connectivity index (χ4v) is 2.53. The Balaban J connectivity index is 1.81. The van der Waals surface area contributed by atoms with Crippen LogP contribution in [0.15, 0.2) is 41.0 Å².